The molecule has 3 aromatic rings. The average Bonchev–Trinajstić information content (AvgIpc) is 3.22. The third-order valence-electron chi connectivity index (χ3n) is 5.25. The molecule has 0 saturated carbocycles. The first-order chi connectivity index (χ1) is 16.3. The standard InChI is InChI=1S/C25H28FN5O2S/c1-5-14-31-23(17(4)27-24(33)19-12-7-8-13-20(19)26)29-30-25(31)34-15-21(32)28-22-16(3)10-9-11-18(22)6-2/h5,7-13,17H,1,6,14-15H2,2-4H3,(H,27,33)(H,28,32)/t17-/m0/s1. The third kappa shape index (κ3) is 5.91. The van der Waals surface area contributed by atoms with Gasteiger partial charge in [0.2, 0.25) is 5.91 Å². The molecule has 1 atom stereocenters. The summed E-state index contributed by atoms with van der Waals surface area (Å²) in [6.45, 7) is 9.92. The van der Waals surface area contributed by atoms with Crippen molar-refractivity contribution in [3.05, 3.63) is 83.5 Å². The number of rotatable bonds is 10. The van der Waals surface area contributed by atoms with Crippen LogP contribution in [0.25, 0.3) is 0 Å². The van der Waals surface area contributed by atoms with E-state index in [0.717, 1.165) is 23.2 Å². The molecule has 0 unspecified atom stereocenters. The number of allylic oxidation sites excluding steroid dienone is 1. The molecule has 0 fully saturated rings. The quantitative estimate of drug-likeness (QED) is 0.324. The first-order valence-electron chi connectivity index (χ1n) is 11.0. The number of para-hydroxylation sites is 1. The number of carbonyl (C=O) groups is 2. The van der Waals surface area contributed by atoms with E-state index in [9.17, 15) is 14.0 Å². The zero-order chi connectivity index (χ0) is 24.7. The van der Waals surface area contributed by atoms with Crippen molar-refractivity contribution in [1.82, 2.24) is 20.1 Å². The molecule has 0 aliphatic carbocycles. The summed E-state index contributed by atoms with van der Waals surface area (Å²) in [5.41, 5.74) is 2.88. The average molecular weight is 482 g/mol. The molecule has 9 heteroatoms. The molecule has 0 bridgehead atoms. The summed E-state index contributed by atoms with van der Waals surface area (Å²) in [5.74, 6) is -0.661. The van der Waals surface area contributed by atoms with E-state index in [1.807, 2.05) is 32.0 Å². The molecule has 0 radical (unpaired) electrons. The fourth-order valence-corrected chi connectivity index (χ4v) is 4.27. The smallest absolute Gasteiger partial charge is 0.254 e. The summed E-state index contributed by atoms with van der Waals surface area (Å²) in [6, 6.07) is 11.2. The van der Waals surface area contributed by atoms with Gasteiger partial charge in [0.25, 0.3) is 5.91 Å². The van der Waals surface area contributed by atoms with Crippen LogP contribution in [0, 0.1) is 12.7 Å². The second-order valence-corrected chi connectivity index (χ2v) is 8.66. The number of hydrogen-bond donors (Lipinski definition) is 2. The predicted molar refractivity (Wildman–Crippen MR) is 132 cm³/mol. The van der Waals surface area contributed by atoms with Crippen molar-refractivity contribution < 1.29 is 14.0 Å². The van der Waals surface area contributed by atoms with Gasteiger partial charge in [-0.3, -0.25) is 9.59 Å². The van der Waals surface area contributed by atoms with Crippen molar-refractivity contribution in [2.24, 2.45) is 0 Å². The SMILES string of the molecule is C=CCn1c(SCC(=O)Nc2c(C)cccc2CC)nnc1[C@H](C)NC(=O)c1ccccc1F. The van der Waals surface area contributed by atoms with E-state index in [-0.39, 0.29) is 17.2 Å². The number of aryl methyl sites for hydroxylation is 2. The molecule has 178 valence electrons. The number of amides is 2. The largest absolute Gasteiger partial charge is 0.342 e. The van der Waals surface area contributed by atoms with Gasteiger partial charge in [-0.1, -0.05) is 55.1 Å². The summed E-state index contributed by atoms with van der Waals surface area (Å²) in [4.78, 5) is 25.2. The molecular formula is C25H28FN5O2S. The van der Waals surface area contributed by atoms with E-state index >= 15 is 0 Å². The van der Waals surface area contributed by atoms with E-state index in [1.165, 1.54) is 30.0 Å². The summed E-state index contributed by atoms with van der Waals surface area (Å²) in [7, 11) is 0. The van der Waals surface area contributed by atoms with E-state index < -0.39 is 17.8 Å². The van der Waals surface area contributed by atoms with Crippen LogP contribution >= 0.6 is 11.8 Å². The molecule has 7 nitrogen and oxygen atoms in total. The van der Waals surface area contributed by atoms with Gasteiger partial charge in [-0.15, -0.1) is 16.8 Å². The topological polar surface area (TPSA) is 88.9 Å². The highest BCUT2D eigenvalue weighted by Crippen LogP contribution is 2.24. The number of hydrogen-bond acceptors (Lipinski definition) is 5. The molecule has 2 N–H and O–H groups in total. The Hall–Kier alpha value is -3.46. The lowest BCUT2D eigenvalue weighted by Gasteiger charge is -2.16. The van der Waals surface area contributed by atoms with Crippen molar-refractivity contribution in [3.63, 3.8) is 0 Å². The van der Waals surface area contributed by atoms with Crippen molar-refractivity contribution in [2.45, 2.75) is 44.9 Å². The Kier molecular flexibility index (Phi) is 8.59. The van der Waals surface area contributed by atoms with Gasteiger partial charge in [0, 0.05) is 12.2 Å². The molecule has 0 saturated heterocycles. The lowest BCUT2D eigenvalue weighted by atomic mass is 10.1. The van der Waals surface area contributed by atoms with Gasteiger partial charge in [-0.05, 0) is 43.5 Å². The van der Waals surface area contributed by atoms with Gasteiger partial charge >= 0.3 is 0 Å². The Morgan fingerprint density at radius 3 is 2.68 bits per heavy atom. The summed E-state index contributed by atoms with van der Waals surface area (Å²) in [6.07, 6.45) is 2.50. The Morgan fingerprint density at radius 2 is 1.97 bits per heavy atom. The van der Waals surface area contributed by atoms with Crippen LogP contribution in [0.3, 0.4) is 0 Å². The molecule has 1 aromatic heterocycles. The molecule has 0 aliphatic rings. The predicted octanol–water partition coefficient (Wildman–Crippen LogP) is 4.70. The maximum Gasteiger partial charge on any atom is 0.254 e. The zero-order valence-corrected chi connectivity index (χ0v) is 20.3. The minimum atomic E-state index is -0.595. The first-order valence-corrected chi connectivity index (χ1v) is 11.9. The third-order valence-corrected chi connectivity index (χ3v) is 6.21. The normalized spacial score (nSPS) is 11.6. The van der Waals surface area contributed by atoms with Crippen LogP contribution < -0.4 is 10.6 Å². The number of nitrogens with one attached hydrogen (secondary N) is 2. The molecule has 3 rings (SSSR count). The maximum atomic E-state index is 14.0. The van der Waals surface area contributed by atoms with Gasteiger partial charge < -0.3 is 15.2 Å². The minimum absolute atomic E-state index is 0.0435. The number of benzene rings is 2. The van der Waals surface area contributed by atoms with Crippen LogP contribution in [-0.4, -0.2) is 32.3 Å². The second-order valence-electron chi connectivity index (χ2n) is 7.71. The van der Waals surface area contributed by atoms with Gasteiger partial charge in [0.1, 0.15) is 5.82 Å². The summed E-state index contributed by atoms with van der Waals surface area (Å²) in [5, 5.41) is 14.7. The van der Waals surface area contributed by atoms with Crippen molar-refractivity contribution >= 4 is 29.3 Å². The highest BCUT2D eigenvalue weighted by Gasteiger charge is 2.21. The Balaban J connectivity index is 1.70. The van der Waals surface area contributed by atoms with E-state index in [0.29, 0.717) is 17.5 Å². The number of halogens is 1. The Labute approximate surface area is 202 Å². The highest BCUT2D eigenvalue weighted by atomic mass is 32.2. The van der Waals surface area contributed by atoms with Gasteiger partial charge in [0.05, 0.1) is 17.4 Å². The van der Waals surface area contributed by atoms with Crippen LogP contribution in [0.1, 0.15) is 47.2 Å². The molecule has 0 spiro atoms. The number of nitrogens with zero attached hydrogens (tertiary/aromatic N) is 3. The Morgan fingerprint density at radius 1 is 1.21 bits per heavy atom. The fourth-order valence-electron chi connectivity index (χ4n) is 3.52. The highest BCUT2D eigenvalue weighted by molar-refractivity contribution is 7.99. The van der Waals surface area contributed by atoms with Crippen LogP contribution in [0.15, 0.2) is 60.3 Å². The maximum absolute atomic E-state index is 14.0. The van der Waals surface area contributed by atoms with Crippen LogP contribution in [-0.2, 0) is 17.8 Å². The first kappa shape index (κ1) is 25.2. The van der Waals surface area contributed by atoms with Crippen molar-refractivity contribution in [1.29, 1.82) is 0 Å². The number of anilines is 1. The van der Waals surface area contributed by atoms with Gasteiger partial charge in [0.15, 0.2) is 11.0 Å². The van der Waals surface area contributed by atoms with E-state index in [4.69, 9.17) is 0 Å². The molecule has 0 aliphatic heterocycles. The minimum Gasteiger partial charge on any atom is -0.342 e. The molecule has 34 heavy (non-hydrogen) atoms. The molecule has 2 amide bonds. The second kappa shape index (κ2) is 11.6. The fraction of sp³-hybridized carbons (Fsp3) is 0.280. The van der Waals surface area contributed by atoms with Crippen molar-refractivity contribution in [3.8, 4) is 0 Å². The number of aromatic nitrogens is 3. The number of thioether (sulfide) groups is 1. The zero-order valence-electron chi connectivity index (χ0n) is 19.5. The monoisotopic (exact) mass is 481 g/mol. The molecular weight excluding hydrogens is 453 g/mol. The van der Waals surface area contributed by atoms with Crippen LogP contribution in [0.5, 0.6) is 0 Å². The number of carbonyl (C=O) groups excluding carboxylic acids is 2. The Bertz CT molecular complexity index is 1190. The van der Waals surface area contributed by atoms with Crippen LogP contribution in [0.4, 0.5) is 10.1 Å². The summed E-state index contributed by atoms with van der Waals surface area (Å²) >= 11 is 1.25. The van der Waals surface area contributed by atoms with E-state index in [2.05, 4.69) is 27.4 Å². The summed E-state index contributed by atoms with van der Waals surface area (Å²) < 4.78 is 15.7. The van der Waals surface area contributed by atoms with Gasteiger partial charge in [-0.25, -0.2) is 4.39 Å². The molecule has 1 heterocycles. The van der Waals surface area contributed by atoms with E-state index in [1.54, 1.807) is 23.6 Å². The molecule has 2 aromatic carbocycles. The lowest BCUT2D eigenvalue weighted by Crippen LogP contribution is -2.29. The van der Waals surface area contributed by atoms with Crippen molar-refractivity contribution in [2.75, 3.05) is 11.1 Å². The van der Waals surface area contributed by atoms with Gasteiger partial charge in [-0.2, -0.15) is 0 Å². The lowest BCUT2D eigenvalue weighted by molar-refractivity contribution is -0.113. The van der Waals surface area contributed by atoms with Crippen LogP contribution in [0.2, 0.25) is 0 Å².